The first kappa shape index (κ1) is 30.6. The van der Waals surface area contributed by atoms with E-state index in [1.165, 1.54) is 9.80 Å². The molecule has 10 heteroatoms. The monoisotopic (exact) mass is 496 g/mol. The Morgan fingerprint density at radius 1 is 1.00 bits per heavy atom. The highest BCUT2D eigenvalue weighted by molar-refractivity contribution is 5.93. The highest BCUT2D eigenvalue weighted by atomic mass is 16.6. The molecule has 35 heavy (non-hydrogen) atoms. The summed E-state index contributed by atoms with van der Waals surface area (Å²) in [5.41, 5.74) is -2.01. The number of carbonyl (C=O) groups excluding carboxylic acids is 4. The SMILES string of the molecule is CC(C)N[C@]1(C)CCCN(C)C(=O)OC/C=C/COC(=O)N(C)C[C@](C)(C(=O)C(C)C)NCC1=O. The molecule has 0 aromatic heterocycles. The molecule has 0 aromatic rings. The van der Waals surface area contributed by atoms with E-state index in [-0.39, 0.29) is 49.8 Å². The fraction of sp³-hybridized carbons (Fsp3) is 0.760. The van der Waals surface area contributed by atoms with Crippen LogP contribution in [0.2, 0.25) is 0 Å². The molecule has 0 radical (unpaired) electrons. The maximum Gasteiger partial charge on any atom is 0.409 e. The van der Waals surface area contributed by atoms with Crippen LogP contribution < -0.4 is 10.6 Å². The minimum absolute atomic E-state index is 0.00343. The molecule has 200 valence electrons. The molecule has 0 aromatic carbocycles. The minimum Gasteiger partial charge on any atom is -0.445 e. The van der Waals surface area contributed by atoms with Gasteiger partial charge in [0.1, 0.15) is 13.2 Å². The van der Waals surface area contributed by atoms with Crippen molar-refractivity contribution in [2.45, 2.75) is 71.5 Å². The van der Waals surface area contributed by atoms with Gasteiger partial charge in [-0.05, 0) is 52.7 Å². The molecule has 2 N–H and O–H groups in total. The molecular weight excluding hydrogens is 452 g/mol. The van der Waals surface area contributed by atoms with Crippen LogP contribution in [0, 0.1) is 5.92 Å². The number of hydrogen-bond acceptors (Lipinski definition) is 8. The topological polar surface area (TPSA) is 117 Å². The number of Topliss-reactive ketones (excluding diaryl/α,β-unsaturated/α-hetero) is 2. The average molecular weight is 497 g/mol. The van der Waals surface area contributed by atoms with Crippen molar-refractivity contribution in [2.24, 2.45) is 5.92 Å². The van der Waals surface area contributed by atoms with Crippen molar-refractivity contribution in [3.63, 3.8) is 0 Å². The lowest BCUT2D eigenvalue weighted by molar-refractivity contribution is -0.129. The molecule has 0 spiro atoms. The van der Waals surface area contributed by atoms with Crippen LogP contribution >= 0.6 is 0 Å². The summed E-state index contributed by atoms with van der Waals surface area (Å²) >= 11 is 0. The number of rotatable bonds is 4. The van der Waals surface area contributed by atoms with E-state index in [2.05, 4.69) is 10.6 Å². The molecule has 0 bridgehead atoms. The third kappa shape index (κ3) is 9.60. The summed E-state index contributed by atoms with van der Waals surface area (Å²) in [6, 6.07) is 0.0459. The maximum atomic E-state index is 13.4. The fourth-order valence-corrected chi connectivity index (χ4v) is 4.15. The van der Waals surface area contributed by atoms with Crippen molar-refractivity contribution in [1.82, 2.24) is 20.4 Å². The van der Waals surface area contributed by atoms with E-state index in [1.807, 2.05) is 20.8 Å². The third-order valence-corrected chi connectivity index (χ3v) is 6.05. The van der Waals surface area contributed by atoms with E-state index in [1.54, 1.807) is 47.0 Å². The van der Waals surface area contributed by atoms with Gasteiger partial charge in [0.15, 0.2) is 11.6 Å². The van der Waals surface area contributed by atoms with Crippen molar-refractivity contribution < 1.29 is 28.7 Å². The minimum atomic E-state index is -1.14. The molecule has 2 amide bonds. The Hall–Kier alpha value is -2.46. The van der Waals surface area contributed by atoms with Crippen LogP contribution in [0.3, 0.4) is 0 Å². The fourth-order valence-electron chi connectivity index (χ4n) is 4.15. The smallest absolute Gasteiger partial charge is 0.409 e. The Labute approximate surface area is 209 Å². The number of amides is 2. The number of hydrogen-bond donors (Lipinski definition) is 2. The molecule has 0 saturated carbocycles. The van der Waals surface area contributed by atoms with E-state index in [9.17, 15) is 19.2 Å². The van der Waals surface area contributed by atoms with Crippen molar-refractivity contribution in [3.05, 3.63) is 12.2 Å². The van der Waals surface area contributed by atoms with Gasteiger partial charge < -0.3 is 24.6 Å². The van der Waals surface area contributed by atoms with Gasteiger partial charge in [0.25, 0.3) is 0 Å². The molecule has 1 aliphatic rings. The first-order valence-electron chi connectivity index (χ1n) is 12.2. The van der Waals surface area contributed by atoms with Gasteiger partial charge in [0.05, 0.1) is 17.6 Å². The molecule has 0 saturated heterocycles. The van der Waals surface area contributed by atoms with Gasteiger partial charge in [-0.1, -0.05) is 13.8 Å². The van der Waals surface area contributed by atoms with Crippen molar-refractivity contribution in [2.75, 3.05) is 46.9 Å². The number of ketones is 2. The van der Waals surface area contributed by atoms with E-state index >= 15 is 0 Å². The first-order chi connectivity index (χ1) is 16.2. The zero-order valence-corrected chi connectivity index (χ0v) is 22.6. The lowest BCUT2D eigenvalue weighted by atomic mass is 9.86. The molecule has 1 heterocycles. The standard InChI is InChI=1S/C25H44N4O6/c1-18(2)21(31)25(6)17-29(8)23(33)35-15-10-9-14-34-22(32)28(7)13-11-12-24(5,27-19(3)4)20(30)16-26-25/h9-10,18-19,26-27H,11-17H2,1-8H3/b10-9+/t24-,25-/m1/s1. The Morgan fingerprint density at radius 3 is 2.06 bits per heavy atom. The molecule has 0 unspecified atom stereocenters. The molecular formula is C25H44N4O6. The van der Waals surface area contributed by atoms with Gasteiger partial charge in [-0.15, -0.1) is 0 Å². The highest BCUT2D eigenvalue weighted by Crippen LogP contribution is 2.19. The Morgan fingerprint density at radius 2 is 1.54 bits per heavy atom. The Bertz CT molecular complexity index is 784. The second-order valence-corrected chi connectivity index (χ2v) is 10.3. The second-order valence-electron chi connectivity index (χ2n) is 10.3. The average Bonchev–Trinajstić information content (AvgIpc) is 2.77. The lowest BCUT2D eigenvalue weighted by Gasteiger charge is -2.37. The van der Waals surface area contributed by atoms with Crippen LogP contribution in [-0.4, -0.2) is 97.6 Å². The van der Waals surface area contributed by atoms with Crippen LogP contribution in [0.15, 0.2) is 12.2 Å². The van der Waals surface area contributed by atoms with Gasteiger partial charge in [-0.2, -0.15) is 0 Å². The number of carbonyl (C=O) groups is 4. The van der Waals surface area contributed by atoms with E-state index in [4.69, 9.17) is 9.47 Å². The molecule has 0 aliphatic carbocycles. The zero-order valence-electron chi connectivity index (χ0n) is 22.6. The first-order valence-corrected chi connectivity index (χ1v) is 12.2. The van der Waals surface area contributed by atoms with Crippen molar-refractivity contribution in [1.29, 1.82) is 0 Å². The van der Waals surface area contributed by atoms with Gasteiger partial charge >= 0.3 is 12.2 Å². The summed E-state index contributed by atoms with van der Waals surface area (Å²) in [4.78, 5) is 54.0. The van der Waals surface area contributed by atoms with Gasteiger partial charge in [0, 0.05) is 39.1 Å². The van der Waals surface area contributed by atoms with Crippen LogP contribution in [0.1, 0.15) is 54.4 Å². The summed E-state index contributed by atoms with van der Waals surface area (Å²) in [5, 5.41) is 6.50. The summed E-state index contributed by atoms with van der Waals surface area (Å²) in [6.45, 7) is 11.5. The van der Waals surface area contributed by atoms with Crippen LogP contribution in [0.5, 0.6) is 0 Å². The summed E-state index contributed by atoms with van der Waals surface area (Å²) in [7, 11) is 3.19. The summed E-state index contributed by atoms with van der Waals surface area (Å²) < 4.78 is 10.4. The Balaban J connectivity index is 3.22. The quantitative estimate of drug-likeness (QED) is 0.570. The summed E-state index contributed by atoms with van der Waals surface area (Å²) in [5.74, 6) is -0.511. The number of likely N-dealkylation sites (N-methyl/N-ethyl adjacent to an activating group) is 1. The van der Waals surface area contributed by atoms with Crippen LogP contribution in [0.4, 0.5) is 9.59 Å². The van der Waals surface area contributed by atoms with Crippen LogP contribution in [0.25, 0.3) is 0 Å². The summed E-state index contributed by atoms with van der Waals surface area (Å²) in [6.07, 6.45) is 3.18. The molecule has 1 rings (SSSR count). The molecule has 2 atom stereocenters. The van der Waals surface area contributed by atoms with E-state index < -0.39 is 23.3 Å². The van der Waals surface area contributed by atoms with Crippen LogP contribution in [-0.2, 0) is 19.1 Å². The third-order valence-electron chi connectivity index (χ3n) is 6.05. The number of cyclic esters (lactones) is 2. The van der Waals surface area contributed by atoms with Gasteiger partial charge in [-0.25, -0.2) is 9.59 Å². The van der Waals surface area contributed by atoms with Crippen molar-refractivity contribution >= 4 is 23.8 Å². The zero-order chi connectivity index (χ0) is 26.8. The number of ether oxygens (including phenoxy) is 2. The normalized spacial score (nSPS) is 27.7. The predicted molar refractivity (Wildman–Crippen MR) is 134 cm³/mol. The van der Waals surface area contributed by atoms with Gasteiger partial charge in [0.2, 0.25) is 0 Å². The van der Waals surface area contributed by atoms with Gasteiger partial charge in [-0.3, -0.25) is 14.9 Å². The predicted octanol–water partition coefficient (Wildman–Crippen LogP) is 2.37. The molecule has 0 fully saturated rings. The highest BCUT2D eigenvalue weighted by Gasteiger charge is 2.39. The van der Waals surface area contributed by atoms with Crippen molar-refractivity contribution in [3.8, 4) is 0 Å². The largest absolute Gasteiger partial charge is 0.445 e. The van der Waals surface area contributed by atoms with E-state index in [0.29, 0.717) is 19.4 Å². The Kier molecular flexibility index (Phi) is 11.9. The van der Waals surface area contributed by atoms with E-state index in [0.717, 1.165) is 0 Å². The number of nitrogens with one attached hydrogen (secondary N) is 2. The lowest BCUT2D eigenvalue weighted by Crippen LogP contribution is -2.62. The second kappa shape index (κ2) is 13.6. The number of nitrogens with zero attached hydrogens (tertiary/aromatic N) is 2. The maximum absolute atomic E-state index is 13.4. The molecule has 1 aliphatic heterocycles. The molecule has 10 nitrogen and oxygen atoms in total.